The average Bonchev–Trinajstić information content (AvgIpc) is 2.39. The van der Waals surface area contributed by atoms with E-state index in [2.05, 4.69) is 0 Å². The van der Waals surface area contributed by atoms with Crippen LogP contribution in [-0.4, -0.2) is 42.5 Å². The minimum atomic E-state index is -4.14. The summed E-state index contributed by atoms with van der Waals surface area (Å²) in [5, 5.41) is 0.0590. The first kappa shape index (κ1) is 13.3. The second kappa shape index (κ2) is 4.63. The van der Waals surface area contributed by atoms with Gasteiger partial charge in [-0.1, -0.05) is 13.3 Å². The van der Waals surface area contributed by atoms with Gasteiger partial charge < -0.3 is 9.80 Å². The van der Waals surface area contributed by atoms with Crippen LogP contribution >= 0.6 is 0 Å². The first-order valence-corrected chi connectivity index (χ1v) is 6.98. The van der Waals surface area contributed by atoms with Gasteiger partial charge in [0.1, 0.15) is 0 Å². The number of allylic oxidation sites excluding steroid dienone is 1. The quantitative estimate of drug-likeness (QED) is 0.763. The third kappa shape index (κ3) is 2.17. The molecule has 0 aromatic carbocycles. The van der Waals surface area contributed by atoms with E-state index < -0.39 is 10.1 Å². The highest BCUT2D eigenvalue weighted by Gasteiger charge is 2.37. The Hall–Kier alpha value is -0.750. The fraction of sp³-hybridized carbons (Fsp3) is 0.800. The second-order valence-electron chi connectivity index (χ2n) is 4.01. The molecule has 5 nitrogen and oxygen atoms in total. The molecule has 0 aliphatic carbocycles. The van der Waals surface area contributed by atoms with Crippen LogP contribution in [0.2, 0.25) is 0 Å². The molecular weight excluding hydrogens is 228 g/mol. The summed E-state index contributed by atoms with van der Waals surface area (Å²) in [4.78, 5) is 3.62. The normalized spacial score (nSPS) is 22.2. The van der Waals surface area contributed by atoms with Gasteiger partial charge in [0.2, 0.25) is 0 Å². The summed E-state index contributed by atoms with van der Waals surface area (Å²) in [5.41, 5.74) is 0.725. The van der Waals surface area contributed by atoms with Gasteiger partial charge in [0.15, 0.2) is 5.03 Å². The molecular formula is C10H20N2O3S. The van der Waals surface area contributed by atoms with E-state index in [-0.39, 0.29) is 11.2 Å². The van der Waals surface area contributed by atoms with Crippen molar-refractivity contribution in [2.24, 2.45) is 0 Å². The van der Waals surface area contributed by atoms with Gasteiger partial charge in [-0.05, 0) is 20.3 Å². The van der Waals surface area contributed by atoms with Crippen molar-refractivity contribution in [1.29, 1.82) is 0 Å². The van der Waals surface area contributed by atoms with Crippen LogP contribution in [-0.2, 0) is 10.1 Å². The molecule has 1 aliphatic heterocycles. The summed E-state index contributed by atoms with van der Waals surface area (Å²) < 4.78 is 32.0. The fourth-order valence-corrected chi connectivity index (χ4v) is 3.24. The second-order valence-corrected chi connectivity index (χ2v) is 5.34. The van der Waals surface area contributed by atoms with E-state index in [1.165, 1.54) is 0 Å². The SMILES string of the molecule is CCCC1=C(S(=O)(=O)O)N(C)C(C)N1CC. The molecule has 0 aromatic heterocycles. The maximum Gasteiger partial charge on any atom is 0.311 e. The molecule has 6 heteroatoms. The molecule has 0 saturated carbocycles. The highest BCUT2D eigenvalue weighted by Crippen LogP contribution is 2.32. The molecule has 94 valence electrons. The molecule has 0 bridgehead atoms. The Bertz CT molecular complexity index is 389. The number of hydrogen-bond donors (Lipinski definition) is 1. The lowest BCUT2D eigenvalue weighted by Gasteiger charge is -2.28. The monoisotopic (exact) mass is 248 g/mol. The highest BCUT2D eigenvalue weighted by atomic mass is 32.2. The summed E-state index contributed by atoms with van der Waals surface area (Å²) in [6, 6.07) is 0. The van der Waals surface area contributed by atoms with Crippen molar-refractivity contribution in [1.82, 2.24) is 9.80 Å². The maximum absolute atomic E-state index is 11.4. The zero-order chi connectivity index (χ0) is 12.5. The largest absolute Gasteiger partial charge is 0.353 e. The van der Waals surface area contributed by atoms with E-state index >= 15 is 0 Å². The smallest absolute Gasteiger partial charge is 0.311 e. The number of nitrogens with zero attached hydrogens (tertiary/aromatic N) is 2. The zero-order valence-corrected chi connectivity index (χ0v) is 11.1. The van der Waals surface area contributed by atoms with Gasteiger partial charge in [0, 0.05) is 13.6 Å². The van der Waals surface area contributed by atoms with Crippen LogP contribution < -0.4 is 0 Å². The molecule has 0 spiro atoms. The predicted molar refractivity (Wildman–Crippen MR) is 63.1 cm³/mol. The highest BCUT2D eigenvalue weighted by molar-refractivity contribution is 7.89. The minimum absolute atomic E-state index is 0.0246. The number of hydrogen-bond acceptors (Lipinski definition) is 4. The zero-order valence-electron chi connectivity index (χ0n) is 10.3. The van der Waals surface area contributed by atoms with Crippen LogP contribution in [0.3, 0.4) is 0 Å². The molecule has 0 amide bonds. The lowest BCUT2D eigenvalue weighted by Crippen LogP contribution is -2.36. The average molecular weight is 248 g/mol. The Morgan fingerprint density at radius 3 is 2.31 bits per heavy atom. The van der Waals surface area contributed by atoms with Gasteiger partial charge in [-0.25, -0.2) is 0 Å². The van der Waals surface area contributed by atoms with E-state index in [0.29, 0.717) is 6.42 Å². The van der Waals surface area contributed by atoms with Gasteiger partial charge in [-0.2, -0.15) is 8.42 Å². The first-order valence-electron chi connectivity index (χ1n) is 5.54. The first-order chi connectivity index (χ1) is 7.34. The van der Waals surface area contributed by atoms with E-state index in [1.807, 2.05) is 25.7 Å². The van der Waals surface area contributed by atoms with Crippen LogP contribution in [0, 0.1) is 0 Å². The molecule has 1 heterocycles. The lowest BCUT2D eigenvalue weighted by atomic mass is 10.2. The summed E-state index contributed by atoms with van der Waals surface area (Å²) in [6.07, 6.45) is 1.49. The molecule has 0 aromatic rings. The van der Waals surface area contributed by atoms with E-state index in [1.54, 1.807) is 11.9 Å². The molecule has 0 fully saturated rings. The topological polar surface area (TPSA) is 60.9 Å². The van der Waals surface area contributed by atoms with Crippen molar-refractivity contribution >= 4 is 10.1 Å². The van der Waals surface area contributed by atoms with Crippen molar-refractivity contribution in [2.45, 2.75) is 39.8 Å². The van der Waals surface area contributed by atoms with Crippen molar-refractivity contribution in [2.75, 3.05) is 13.6 Å². The van der Waals surface area contributed by atoms with E-state index in [0.717, 1.165) is 18.7 Å². The molecule has 1 rings (SSSR count). The van der Waals surface area contributed by atoms with Crippen LogP contribution in [0.25, 0.3) is 0 Å². The Kier molecular flexibility index (Phi) is 3.85. The van der Waals surface area contributed by atoms with Crippen LogP contribution in [0.15, 0.2) is 10.7 Å². The van der Waals surface area contributed by atoms with Gasteiger partial charge in [0.25, 0.3) is 0 Å². The minimum Gasteiger partial charge on any atom is -0.353 e. The Balaban J connectivity index is 3.27. The Morgan fingerprint density at radius 2 is 1.94 bits per heavy atom. The Morgan fingerprint density at radius 1 is 1.38 bits per heavy atom. The molecule has 1 atom stereocenters. The summed E-state index contributed by atoms with van der Waals surface area (Å²) in [5.74, 6) is 0. The molecule has 1 unspecified atom stereocenters. The van der Waals surface area contributed by atoms with Gasteiger partial charge in [0.05, 0.1) is 11.9 Å². The molecule has 0 saturated heterocycles. The van der Waals surface area contributed by atoms with Crippen molar-refractivity contribution < 1.29 is 13.0 Å². The lowest BCUT2D eigenvalue weighted by molar-refractivity contribution is 0.185. The third-order valence-corrected chi connectivity index (χ3v) is 4.01. The van der Waals surface area contributed by atoms with Crippen LogP contribution in [0.1, 0.15) is 33.6 Å². The maximum atomic E-state index is 11.4. The standard InChI is InChI=1S/C10H20N2O3S/c1-5-7-9-10(16(13,14)15)11(4)8(3)12(9)6-2/h8H,5-7H2,1-4H3,(H,13,14,15). The van der Waals surface area contributed by atoms with Gasteiger partial charge in [-0.3, -0.25) is 4.55 Å². The van der Waals surface area contributed by atoms with Crippen LogP contribution in [0.4, 0.5) is 0 Å². The predicted octanol–water partition coefficient (Wildman–Crippen LogP) is 1.46. The summed E-state index contributed by atoms with van der Waals surface area (Å²) in [6.45, 7) is 6.63. The van der Waals surface area contributed by atoms with Gasteiger partial charge >= 0.3 is 10.1 Å². The summed E-state index contributed by atoms with van der Waals surface area (Å²) in [7, 11) is -2.44. The van der Waals surface area contributed by atoms with Crippen molar-refractivity contribution in [3.8, 4) is 0 Å². The van der Waals surface area contributed by atoms with Gasteiger partial charge in [-0.15, -0.1) is 0 Å². The molecule has 1 N–H and O–H groups in total. The van der Waals surface area contributed by atoms with Crippen molar-refractivity contribution in [3.05, 3.63) is 10.7 Å². The van der Waals surface area contributed by atoms with E-state index in [4.69, 9.17) is 0 Å². The summed E-state index contributed by atoms with van der Waals surface area (Å²) >= 11 is 0. The fourth-order valence-electron chi connectivity index (χ4n) is 2.20. The van der Waals surface area contributed by atoms with Crippen LogP contribution in [0.5, 0.6) is 0 Å². The molecule has 0 radical (unpaired) electrons. The number of rotatable bonds is 4. The van der Waals surface area contributed by atoms with E-state index in [9.17, 15) is 13.0 Å². The molecule has 1 aliphatic rings. The molecule has 16 heavy (non-hydrogen) atoms. The third-order valence-electron chi connectivity index (χ3n) is 3.00. The van der Waals surface area contributed by atoms with Crippen molar-refractivity contribution in [3.63, 3.8) is 0 Å². The Labute approximate surface area is 97.5 Å².